The predicted octanol–water partition coefficient (Wildman–Crippen LogP) is 2.38. The standard InChI is InChI=1S/C19H24N2O4/c1-15(19(23)25-3)14-21(12-13-24-2)18(22)16-6-8-17(9-7-16)20-10-4-5-11-20/h4-11,15H,12-14H2,1-3H3. The van der Waals surface area contributed by atoms with Gasteiger partial charge in [-0.15, -0.1) is 0 Å². The van der Waals surface area contributed by atoms with Crippen LogP contribution in [0, 0.1) is 5.92 Å². The van der Waals surface area contributed by atoms with E-state index >= 15 is 0 Å². The second-order valence-corrected chi connectivity index (χ2v) is 5.81. The van der Waals surface area contributed by atoms with Crippen molar-refractivity contribution >= 4 is 11.9 Å². The summed E-state index contributed by atoms with van der Waals surface area (Å²) in [6, 6.07) is 11.3. The molecule has 1 amide bonds. The average Bonchev–Trinajstić information content (AvgIpc) is 3.18. The lowest BCUT2D eigenvalue weighted by molar-refractivity contribution is -0.145. The van der Waals surface area contributed by atoms with E-state index in [1.807, 2.05) is 41.2 Å². The van der Waals surface area contributed by atoms with Gasteiger partial charge in [0.2, 0.25) is 0 Å². The van der Waals surface area contributed by atoms with Gasteiger partial charge >= 0.3 is 5.97 Å². The molecule has 1 aromatic carbocycles. The Morgan fingerprint density at radius 3 is 2.32 bits per heavy atom. The molecule has 1 heterocycles. The van der Waals surface area contributed by atoms with Gasteiger partial charge in [0, 0.05) is 43.8 Å². The zero-order valence-corrected chi connectivity index (χ0v) is 14.8. The molecule has 2 aromatic rings. The minimum Gasteiger partial charge on any atom is -0.469 e. The summed E-state index contributed by atoms with van der Waals surface area (Å²) in [5.74, 6) is -0.866. The van der Waals surface area contributed by atoms with Gasteiger partial charge in [0.25, 0.3) is 5.91 Å². The maximum atomic E-state index is 12.8. The number of rotatable bonds is 8. The summed E-state index contributed by atoms with van der Waals surface area (Å²) in [7, 11) is 2.93. The number of hydrogen-bond donors (Lipinski definition) is 0. The molecular formula is C19H24N2O4. The summed E-state index contributed by atoms with van der Waals surface area (Å²) in [5.41, 5.74) is 1.55. The van der Waals surface area contributed by atoms with Crippen LogP contribution >= 0.6 is 0 Å². The molecule has 0 fully saturated rings. The van der Waals surface area contributed by atoms with Gasteiger partial charge in [-0.1, -0.05) is 6.92 Å². The van der Waals surface area contributed by atoms with E-state index in [-0.39, 0.29) is 18.4 Å². The van der Waals surface area contributed by atoms with E-state index < -0.39 is 5.92 Å². The topological polar surface area (TPSA) is 60.8 Å². The molecule has 0 bridgehead atoms. The summed E-state index contributed by atoms with van der Waals surface area (Å²) < 4.78 is 11.8. The Labute approximate surface area is 148 Å². The van der Waals surface area contributed by atoms with Crippen LogP contribution in [-0.4, -0.2) is 55.3 Å². The number of carbonyl (C=O) groups is 2. The lowest BCUT2D eigenvalue weighted by Gasteiger charge is -2.25. The molecule has 0 aliphatic rings. The van der Waals surface area contributed by atoms with Crippen molar-refractivity contribution in [1.82, 2.24) is 9.47 Å². The lowest BCUT2D eigenvalue weighted by atomic mass is 10.1. The summed E-state index contributed by atoms with van der Waals surface area (Å²) in [6.07, 6.45) is 3.89. The fourth-order valence-electron chi connectivity index (χ4n) is 2.55. The Balaban J connectivity index is 2.13. The number of hydrogen-bond acceptors (Lipinski definition) is 4. The number of carbonyl (C=O) groups excluding carboxylic acids is 2. The zero-order chi connectivity index (χ0) is 18.2. The number of nitrogens with zero attached hydrogens (tertiary/aromatic N) is 2. The van der Waals surface area contributed by atoms with Gasteiger partial charge in [-0.25, -0.2) is 0 Å². The molecule has 1 aromatic heterocycles. The average molecular weight is 344 g/mol. The van der Waals surface area contributed by atoms with E-state index in [9.17, 15) is 9.59 Å². The first kappa shape index (κ1) is 18.7. The number of benzene rings is 1. The van der Waals surface area contributed by atoms with Gasteiger partial charge in [0.1, 0.15) is 0 Å². The van der Waals surface area contributed by atoms with Crippen LogP contribution in [0.3, 0.4) is 0 Å². The first-order valence-electron chi connectivity index (χ1n) is 8.16. The van der Waals surface area contributed by atoms with E-state index in [1.165, 1.54) is 7.11 Å². The quantitative estimate of drug-likeness (QED) is 0.690. The molecule has 0 aliphatic heterocycles. The van der Waals surface area contributed by atoms with E-state index in [4.69, 9.17) is 9.47 Å². The monoisotopic (exact) mass is 344 g/mol. The Bertz CT molecular complexity index is 680. The SMILES string of the molecule is COCCN(CC(C)C(=O)OC)C(=O)c1ccc(-n2cccc2)cc1. The Morgan fingerprint density at radius 1 is 1.12 bits per heavy atom. The van der Waals surface area contributed by atoms with E-state index in [0.29, 0.717) is 18.7 Å². The molecule has 0 saturated carbocycles. The van der Waals surface area contributed by atoms with E-state index in [1.54, 1.807) is 31.1 Å². The number of ether oxygens (including phenoxy) is 2. The highest BCUT2D eigenvalue weighted by atomic mass is 16.5. The van der Waals surface area contributed by atoms with Gasteiger partial charge in [-0.05, 0) is 36.4 Å². The maximum Gasteiger partial charge on any atom is 0.310 e. The van der Waals surface area contributed by atoms with Crippen molar-refractivity contribution in [2.75, 3.05) is 33.9 Å². The fraction of sp³-hybridized carbons (Fsp3) is 0.368. The van der Waals surface area contributed by atoms with E-state index in [2.05, 4.69) is 0 Å². The second-order valence-electron chi connectivity index (χ2n) is 5.81. The predicted molar refractivity (Wildman–Crippen MR) is 94.7 cm³/mol. The number of aromatic nitrogens is 1. The maximum absolute atomic E-state index is 12.8. The highest BCUT2D eigenvalue weighted by Crippen LogP contribution is 2.13. The normalized spacial score (nSPS) is 11.8. The van der Waals surface area contributed by atoms with E-state index in [0.717, 1.165) is 5.69 Å². The molecule has 0 aliphatic carbocycles. The molecule has 6 heteroatoms. The van der Waals surface area contributed by atoms with Crippen molar-refractivity contribution in [2.45, 2.75) is 6.92 Å². The van der Waals surface area contributed by atoms with Gasteiger partial charge < -0.3 is 18.9 Å². The third-order valence-electron chi connectivity index (χ3n) is 3.97. The fourth-order valence-corrected chi connectivity index (χ4v) is 2.55. The summed E-state index contributed by atoms with van der Waals surface area (Å²) >= 11 is 0. The summed E-state index contributed by atoms with van der Waals surface area (Å²) in [5, 5.41) is 0. The van der Waals surface area contributed by atoms with Crippen LogP contribution in [0.1, 0.15) is 17.3 Å². The van der Waals surface area contributed by atoms with Crippen molar-refractivity contribution in [3.63, 3.8) is 0 Å². The van der Waals surface area contributed by atoms with Crippen LogP contribution in [0.2, 0.25) is 0 Å². The largest absolute Gasteiger partial charge is 0.469 e. The number of esters is 1. The van der Waals surface area contributed by atoms with Crippen LogP contribution in [-0.2, 0) is 14.3 Å². The van der Waals surface area contributed by atoms with Gasteiger partial charge in [0.05, 0.1) is 19.6 Å². The van der Waals surface area contributed by atoms with Crippen LogP contribution in [0.25, 0.3) is 5.69 Å². The highest BCUT2D eigenvalue weighted by molar-refractivity contribution is 5.94. The van der Waals surface area contributed by atoms with Crippen molar-refractivity contribution in [3.05, 3.63) is 54.4 Å². The first-order chi connectivity index (χ1) is 12.1. The third kappa shape index (κ3) is 4.93. The molecule has 0 N–H and O–H groups in total. The molecule has 1 unspecified atom stereocenters. The highest BCUT2D eigenvalue weighted by Gasteiger charge is 2.22. The van der Waals surface area contributed by atoms with Crippen LogP contribution < -0.4 is 0 Å². The number of methoxy groups -OCH3 is 2. The van der Waals surface area contributed by atoms with Gasteiger partial charge in [-0.2, -0.15) is 0 Å². The molecule has 134 valence electrons. The molecular weight excluding hydrogens is 320 g/mol. The van der Waals surface area contributed by atoms with Crippen LogP contribution in [0.5, 0.6) is 0 Å². The van der Waals surface area contributed by atoms with Crippen LogP contribution in [0.15, 0.2) is 48.8 Å². The Kier molecular flexibility index (Phi) is 6.77. The molecule has 0 radical (unpaired) electrons. The summed E-state index contributed by atoms with van der Waals surface area (Å²) in [6.45, 7) is 2.85. The Morgan fingerprint density at radius 2 is 1.76 bits per heavy atom. The third-order valence-corrected chi connectivity index (χ3v) is 3.97. The number of amides is 1. The zero-order valence-electron chi connectivity index (χ0n) is 14.8. The minimum absolute atomic E-state index is 0.133. The van der Waals surface area contributed by atoms with Gasteiger partial charge in [0.15, 0.2) is 0 Å². The Hall–Kier alpha value is -2.60. The molecule has 25 heavy (non-hydrogen) atoms. The second kappa shape index (κ2) is 9.03. The summed E-state index contributed by atoms with van der Waals surface area (Å²) in [4.78, 5) is 26.1. The van der Waals surface area contributed by atoms with Crippen LogP contribution in [0.4, 0.5) is 0 Å². The first-order valence-corrected chi connectivity index (χ1v) is 8.16. The molecule has 6 nitrogen and oxygen atoms in total. The van der Waals surface area contributed by atoms with Gasteiger partial charge in [-0.3, -0.25) is 9.59 Å². The molecule has 1 atom stereocenters. The molecule has 2 rings (SSSR count). The minimum atomic E-state index is -0.398. The van der Waals surface area contributed by atoms with Crippen molar-refractivity contribution in [2.24, 2.45) is 5.92 Å². The van der Waals surface area contributed by atoms with Crippen molar-refractivity contribution in [1.29, 1.82) is 0 Å². The molecule has 0 spiro atoms. The van der Waals surface area contributed by atoms with Crippen molar-refractivity contribution in [3.8, 4) is 5.69 Å². The van der Waals surface area contributed by atoms with Crippen molar-refractivity contribution < 1.29 is 19.1 Å². The smallest absolute Gasteiger partial charge is 0.310 e. The lowest BCUT2D eigenvalue weighted by Crippen LogP contribution is -2.39. The molecule has 0 saturated heterocycles.